The summed E-state index contributed by atoms with van der Waals surface area (Å²) in [4.78, 5) is 7.32. The van der Waals surface area contributed by atoms with Crippen LogP contribution in [0.3, 0.4) is 0 Å². The standard InChI is InChI=1S/C21H22N4/c1-16-3-2-11-24(16)12-10-20-15-25-14-19(8-9-21(25)23-20)18-6-4-17(13-22)5-7-18/h4-9,14-16H,2-3,10-12H2,1H3. The topological polar surface area (TPSA) is 44.3 Å². The van der Waals surface area contributed by atoms with Crippen LogP contribution in [0.5, 0.6) is 0 Å². The zero-order chi connectivity index (χ0) is 17.2. The molecule has 126 valence electrons. The molecular weight excluding hydrogens is 308 g/mol. The predicted molar refractivity (Wildman–Crippen MR) is 99.3 cm³/mol. The molecule has 0 spiro atoms. The van der Waals surface area contributed by atoms with Crippen molar-refractivity contribution >= 4 is 5.65 Å². The molecule has 1 saturated heterocycles. The smallest absolute Gasteiger partial charge is 0.137 e. The van der Waals surface area contributed by atoms with Gasteiger partial charge in [0.05, 0.1) is 17.3 Å². The van der Waals surface area contributed by atoms with Crippen molar-refractivity contribution < 1.29 is 0 Å². The molecule has 1 aromatic carbocycles. The minimum atomic E-state index is 0.686. The van der Waals surface area contributed by atoms with Crippen molar-refractivity contribution in [1.29, 1.82) is 5.26 Å². The summed E-state index contributed by atoms with van der Waals surface area (Å²) in [6, 6.07) is 14.7. The van der Waals surface area contributed by atoms with Crippen LogP contribution in [-0.4, -0.2) is 33.4 Å². The molecule has 0 N–H and O–H groups in total. The van der Waals surface area contributed by atoms with Crippen molar-refractivity contribution in [3.8, 4) is 17.2 Å². The largest absolute Gasteiger partial charge is 0.306 e. The number of rotatable bonds is 4. The fourth-order valence-electron chi connectivity index (χ4n) is 3.66. The molecule has 0 aliphatic carbocycles. The molecule has 3 heterocycles. The molecule has 4 rings (SSSR count). The molecule has 3 aromatic rings. The monoisotopic (exact) mass is 330 g/mol. The number of hydrogen-bond donors (Lipinski definition) is 0. The highest BCUT2D eigenvalue weighted by Crippen LogP contribution is 2.21. The van der Waals surface area contributed by atoms with Gasteiger partial charge < -0.3 is 9.30 Å². The number of imidazole rings is 1. The lowest BCUT2D eigenvalue weighted by atomic mass is 10.1. The number of nitriles is 1. The van der Waals surface area contributed by atoms with Crippen molar-refractivity contribution in [2.45, 2.75) is 32.2 Å². The molecule has 0 bridgehead atoms. The first-order valence-electron chi connectivity index (χ1n) is 8.95. The number of pyridine rings is 1. The van der Waals surface area contributed by atoms with Gasteiger partial charge in [0.15, 0.2) is 0 Å². The Morgan fingerprint density at radius 3 is 2.64 bits per heavy atom. The Morgan fingerprint density at radius 1 is 1.12 bits per heavy atom. The van der Waals surface area contributed by atoms with Crippen molar-refractivity contribution in [2.24, 2.45) is 0 Å². The maximum Gasteiger partial charge on any atom is 0.137 e. The first-order valence-corrected chi connectivity index (χ1v) is 8.95. The van der Waals surface area contributed by atoms with Crippen LogP contribution in [0.2, 0.25) is 0 Å². The highest BCUT2D eigenvalue weighted by Gasteiger charge is 2.19. The van der Waals surface area contributed by atoms with Crippen LogP contribution in [0, 0.1) is 11.3 Å². The lowest BCUT2D eigenvalue weighted by Gasteiger charge is -2.19. The number of likely N-dealkylation sites (tertiary alicyclic amines) is 1. The molecule has 4 nitrogen and oxygen atoms in total. The van der Waals surface area contributed by atoms with E-state index < -0.39 is 0 Å². The summed E-state index contributed by atoms with van der Waals surface area (Å²) in [7, 11) is 0. The molecule has 1 atom stereocenters. The Balaban J connectivity index is 1.53. The van der Waals surface area contributed by atoms with E-state index in [1.54, 1.807) is 0 Å². The van der Waals surface area contributed by atoms with Crippen LogP contribution < -0.4 is 0 Å². The van der Waals surface area contributed by atoms with Crippen molar-refractivity contribution in [1.82, 2.24) is 14.3 Å². The minimum Gasteiger partial charge on any atom is -0.306 e. The van der Waals surface area contributed by atoms with E-state index in [-0.39, 0.29) is 0 Å². The van der Waals surface area contributed by atoms with Crippen molar-refractivity contribution in [3.63, 3.8) is 0 Å². The van der Waals surface area contributed by atoms with Crippen LogP contribution in [0.25, 0.3) is 16.8 Å². The Bertz CT molecular complexity index is 917. The van der Waals surface area contributed by atoms with Crippen LogP contribution in [0.15, 0.2) is 48.8 Å². The van der Waals surface area contributed by atoms with Gasteiger partial charge in [-0.3, -0.25) is 0 Å². The molecule has 2 aromatic heterocycles. The molecule has 25 heavy (non-hydrogen) atoms. The Labute approximate surface area is 148 Å². The van der Waals surface area contributed by atoms with Gasteiger partial charge in [-0.25, -0.2) is 4.98 Å². The van der Waals surface area contributed by atoms with Crippen LogP contribution in [0.1, 0.15) is 31.0 Å². The SMILES string of the molecule is CC1CCCN1CCc1cn2cc(-c3ccc(C#N)cc3)ccc2n1. The van der Waals surface area contributed by atoms with Crippen molar-refractivity contribution in [2.75, 3.05) is 13.1 Å². The number of benzene rings is 1. The average Bonchev–Trinajstić information content (AvgIpc) is 3.24. The second kappa shape index (κ2) is 6.70. The van der Waals surface area contributed by atoms with E-state index in [1.165, 1.54) is 19.4 Å². The van der Waals surface area contributed by atoms with E-state index in [9.17, 15) is 0 Å². The number of nitrogens with zero attached hydrogens (tertiary/aromatic N) is 4. The van der Waals surface area contributed by atoms with Gasteiger partial charge in [0.1, 0.15) is 5.65 Å². The maximum absolute atomic E-state index is 8.92. The quantitative estimate of drug-likeness (QED) is 0.729. The fourth-order valence-corrected chi connectivity index (χ4v) is 3.66. The molecule has 4 heteroatoms. The van der Waals surface area contributed by atoms with Crippen molar-refractivity contribution in [3.05, 3.63) is 60.0 Å². The van der Waals surface area contributed by atoms with Gasteiger partial charge >= 0.3 is 0 Å². The van der Waals surface area contributed by atoms with Gasteiger partial charge in [-0.2, -0.15) is 5.26 Å². The Hall–Kier alpha value is -2.64. The molecule has 1 aliphatic rings. The Morgan fingerprint density at radius 2 is 1.92 bits per heavy atom. The lowest BCUT2D eigenvalue weighted by molar-refractivity contribution is 0.271. The summed E-state index contributed by atoms with van der Waals surface area (Å²) >= 11 is 0. The fraction of sp³-hybridized carbons (Fsp3) is 0.333. The molecule has 0 radical (unpaired) electrons. The molecule has 1 unspecified atom stereocenters. The first-order chi connectivity index (χ1) is 12.2. The van der Waals surface area contributed by atoms with Gasteiger partial charge in [-0.05, 0) is 61.7 Å². The summed E-state index contributed by atoms with van der Waals surface area (Å²) in [5, 5.41) is 8.92. The summed E-state index contributed by atoms with van der Waals surface area (Å²) in [5.41, 5.74) is 5.07. The summed E-state index contributed by atoms with van der Waals surface area (Å²) < 4.78 is 2.11. The predicted octanol–water partition coefficient (Wildman–Crippen LogP) is 3.90. The first kappa shape index (κ1) is 15.9. The second-order valence-corrected chi connectivity index (χ2v) is 6.88. The second-order valence-electron chi connectivity index (χ2n) is 6.88. The van der Waals surface area contributed by atoms with E-state index in [4.69, 9.17) is 10.2 Å². The number of hydrogen-bond acceptors (Lipinski definition) is 3. The average molecular weight is 330 g/mol. The highest BCUT2D eigenvalue weighted by molar-refractivity contribution is 5.65. The van der Waals surface area contributed by atoms with Gasteiger partial charge in [0.2, 0.25) is 0 Å². The summed E-state index contributed by atoms with van der Waals surface area (Å²) in [5.74, 6) is 0. The zero-order valence-electron chi connectivity index (χ0n) is 14.5. The van der Waals surface area contributed by atoms with Gasteiger partial charge in [0.25, 0.3) is 0 Å². The van der Waals surface area contributed by atoms with E-state index >= 15 is 0 Å². The lowest BCUT2D eigenvalue weighted by Crippen LogP contribution is -2.29. The molecule has 1 aliphatic heterocycles. The van der Waals surface area contributed by atoms with Crippen LogP contribution in [-0.2, 0) is 6.42 Å². The molecular formula is C21H22N4. The number of fused-ring (bicyclic) bond motifs is 1. The summed E-state index contributed by atoms with van der Waals surface area (Å²) in [6.45, 7) is 4.63. The minimum absolute atomic E-state index is 0.686. The van der Waals surface area contributed by atoms with Crippen LogP contribution in [0.4, 0.5) is 0 Å². The Kier molecular flexibility index (Phi) is 4.25. The molecule has 0 saturated carbocycles. The summed E-state index contributed by atoms with van der Waals surface area (Å²) in [6.07, 6.45) is 7.90. The van der Waals surface area contributed by atoms with Gasteiger partial charge in [-0.1, -0.05) is 12.1 Å². The van der Waals surface area contributed by atoms with Crippen LogP contribution >= 0.6 is 0 Å². The third kappa shape index (κ3) is 3.29. The van der Waals surface area contributed by atoms with E-state index in [0.29, 0.717) is 11.6 Å². The van der Waals surface area contributed by atoms with E-state index in [0.717, 1.165) is 35.4 Å². The third-order valence-corrected chi connectivity index (χ3v) is 5.19. The van der Waals surface area contributed by atoms with E-state index in [2.05, 4.69) is 46.8 Å². The highest BCUT2D eigenvalue weighted by atomic mass is 15.2. The normalized spacial score (nSPS) is 17.8. The maximum atomic E-state index is 8.92. The molecule has 1 fully saturated rings. The zero-order valence-corrected chi connectivity index (χ0v) is 14.5. The molecule has 0 amide bonds. The van der Waals surface area contributed by atoms with E-state index in [1.807, 2.05) is 24.3 Å². The van der Waals surface area contributed by atoms with Gasteiger partial charge in [-0.15, -0.1) is 0 Å². The number of aromatic nitrogens is 2. The third-order valence-electron chi connectivity index (χ3n) is 5.19. The van der Waals surface area contributed by atoms with Gasteiger partial charge in [0, 0.05) is 31.4 Å².